The smallest absolute Gasteiger partial charge is 0.127 e. The van der Waals surface area contributed by atoms with E-state index in [9.17, 15) is 4.39 Å². The van der Waals surface area contributed by atoms with Crippen LogP contribution in [-0.2, 0) is 5.41 Å². The summed E-state index contributed by atoms with van der Waals surface area (Å²) in [5, 5.41) is 0.807. The van der Waals surface area contributed by atoms with Crippen molar-refractivity contribution in [2.45, 2.75) is 33.1 Å². The van der Waals surface area contributed by atoms with Crippen LogP contribution in [0.1, 0.15) is 31.9 Å². The molecule has 0 aliphatic carbocycles. The van der Waals surface area contributed by atoms with Gasteiger partial charge in [-0.05, 0) is 36.1 Å². The van der Waals surface area contributed by atoms with Crippen molar-refractivity contribution in [2.75, 3.05) is 5.73 Å². The van der Waals surface area contributed by atoms with Gasteiger partial charge < -0.3 is 5.73 Å². The number of halogens is 1. The second-order valence-electron chi connectivity index (χ2n) is 5.47. The lowest BCUT2D eigenvalue weighted by Crippen LogP contribution is -2.15. The first-order chi connectivity index (χ1) is 7.79. The second-order valence-corrected chi connectivity index (χ2v) is 5.47. The number of nitrogen functional groups attached to an aromatic ring is 1. The van der Waals surface area contributed by atoms with E-state index in [4.69, 9.17) is 5.73 Å². The molecule has 1 aromatic carbocycles. The molecule has 90 valence electrons. The fourth-order valence-corrected chi connectivity index (χ4v) is 2.04. The summed E-state index contributed by atoms with van der Waals surface area (Å²) in [6.45, 7) is 8.05. The number of benzene rings is 1. The van der Waals surface area contributed by atoms with Crippen LogP contribution in [0.2, 0.25) is 0 Å². The number of aromatic nitrogens is 1. The molecule has 2 aromatic rings. The number of nitrogens with two attached hydrogens (primary N) is 1. The van der Waals surface area contributed by atoms with E-state index in [2.05, 4.69) is 25.8 Å². The molecule has 2 rings (SSSR count). The van der Waals surface area contributed by atoms with Gasteiger partial charge in [-0.1, -0.05) is 20.8 Å². The maximum Gasteiger partial charge on any atom is 0.127 e. The third kappa shape index (κ3) is 2.09. The highest BCUT2D eigenvalue weighted by Crippen LogP contribution is 2.30. The van der Waals surface area contributed by atoms with Crippen molar-refractivity contribution in [3.63, 3.8) is 0 Å². The number of hydrogen-bond acceptors (Lipinski definition) is 2. The third-order valence-corrected chi connectivity index (χ3v) is 2.91. The number of fused-ring (bicyclic) bond motifs is 1. The van der Waals surface area contributed by atoms with Crippen LogP contribution in [0.15, 0.2) is 18.2 Å². The van der Waals surface area contributed by atoms with Crippen LogP contribution in [0.5, 0.6) is 0 Å². The fourth-order valence-electron chi connectivity index (χ4n) is 2.04. The Kier molecular flexibility index (Phi) is 2.57. The average Bonchev–Trinajstić information content (AvgIpc) is 2.16. The van der Waals surface area contributed by atoms with Crippen molar-refractivity contribution >= 4 is 16.7 Å². The van der Waals surface area contributed by atoms with Gasteiger partial charge in [0.05, 0.1) is 5.52 Å². The van der Waals surface area contributed by atoms with Gasteiger partial charge in [0.2, 0.25) is 0 Å². The molecule has 0 spiro atoms. The second kappa shape index (κ2) is 3.69. The lowest BCUT2D eigenvalue weighted by atomic mass is 9.86. The summed E-state index contributed by atoms with van der Waals surface area (Å²) in [4.78, 5) is 4.39. The molecule has 17 heavy (non-hydrogen) atoms. The summed E-state index contributed by atoms with van der Waals surface area (Å²) < 4.78 is 13.4. The largest absolute Gasteiger partial charge is 0.383 e. The molecule has 0 radical (unpaired) electrons. The first-order valence-corrected chi connectivity index (χ1v) is 5.66. The summed E-state index contributed by atoms with van der Waals surface area (Å²) in [5.41, 5.74) is 8.42. The molecule has 0 saturated heterocycles. The predicted molar refractivity (Wildman–Crippen MR) is 69.6 cm³/mol. The van der Waals surface area contributed by atoms with Gasteiger partial charge in [-0.3, -0.25) is 0 Å². The molecule has 0 unspecified atom stereocenters. The van der Waals surface area contributed by atoms with Gasteiger partial charge in [0.1, 0.15) is 11.6 Å². The van der Waals surface area contributed by atoms with Crippen LogP contribution in [0.3, 0.4) is 0 Å². The van der Waals surface area contributed by atoms with Crippen LogP contribution in [0.4, 0.5) is 10.2 Å². The van der Waals surface area contributed by atoms with Crippen molar-refractivity contribution in [1.82, 2.24) is 4.98 Å². The summed E-state index contributed by atoms with van der Waals surface area (Å²) in [7, 11) is 0. The Morgan fingerprint density at radius 2 is 1.82 bits per heavy atom. The highest BCUT2D eigenvalue weighted by atomic mass is 19.1. The summed E-state index contributed by atoms with van der Waals surface area (Å²) in [6.07, 6.45) is 0. The maximum absolute atomic E-state index is 13.4. The van der Waals surface area contributed by atoms with Crippen molar-refractivity contribution in [3.05, 3.63) is 35.1 Å². The Hall–Kier alpha value is -1.64. The molecule has 1 aromatic heterocycles. The fraction of sp³-hybridized carbons (Fsp3) is 0.357. The normalized spacial score (nSPS) is 12.1. The van der Waals surface area contributed by atoms with E-state index >= 15 is 0 Å². The van der Waals surface area contributed by atoms with Gasteiger partial charge in [-0.15, -0.1) is 0 Å². The van der Waals surface area contributed by atoms with Gasteiger partial charge in [0, 0.05) is 10.9 Å². The summed E-state index contributed by atoms with van der Waals surface area (Å²) >= 11 is 0. The van der Waals surface area contributed by atoms with E-state index in [0.717, 1.165) is 22.0 Å². The molecule has 0 saturated carbocycles. The quantitative estimate of drug-likeness (QED) is 0.754. The average molecular weight is 232 g/mol. The Balaban J connectivity index is 2.81. The zero-order valence-electron chi connectivity index (χ0n) is 10.6. The third-order valence-electron chi connectivity index (χ3n) is 2.91. The van der Waals surface area contributed by atoms with Gasteiger partial charge >= 0.3 is 0 Å². The minimum atomic E-state index is -0.235. The van der Waals surface area contributed by atoms with E-state index in [1.807, 2.05) is 13.0 Å². The zero-order chi connectivity index (χ0) is 12.8. The minimum absolute atomic E-state index is 0.0918. The monoisotopic (exact) mass is 232 g/mol. The molecular weight excluding hydrogens is 215 g/mol. The maximum atomic E-state index is 13.4. The van der Waals surface area contributed by atoms with Crippen LogP contribution in [-0.4, -0.2) is 4.98 Å². The highest BCUT2D eigenvalue weighted by molar-refractivity contribution is 5.84. The zero-order valence-corrected chi connectivity index (χ0v) is 10.6. The summed E-state index contributed by atoms with van der Waals surface area (Å²) in [6, 6.07) is 4.92. The van der Waals surface area contributed by atoms with Crippen molar-refractivity contribution in [3.8, 4) is 0 Å². The molecule has 0 aliphatic heterocycles. The molecule has 1 heterocycles. The van der Waals surface area contributed by atoms with Crippen molar-refractivity contribution < 1.29 is 4.39 Å². The lowest BCUT2D eigenvalue weighted by Gasteiger charge is -2.21. The number of anilines is 1. The molecule has 0 fully saturated rings. The topological polar surface area (TPSA) is 38.9 Å². The predicted octanol–water partition coefficient (Wildman–Crippen LogP) is 3.56. The SMILES string of the molecule is Cc1cc(F)cc2cc(C(C)(C)C)c(N)nc12. The number of hydrogen-bond donors (Lipinski definition) is 1. The van der Waals surface area contributed by atoms with Crippen LogP contribution in [0, 0.1) is 12.7 Å². The number of aryl methyl sites for hydroxylation is 1. The van der Waals surface area contributed by atoms with Crippen molar-refractivity contribution in [1.29, 1.82) is 0 Å². The van der Waals surface area contributed by atoms with E-state index in [1.165, 1.54) is 12.1 Å². The Morgan fingerprint density at radius 1 is 1.18 bits per heavy atom. The Morgan fingerprint density at radius 3 is 2.41 bits per heavy atom. The van der Waals surface area contributed by atoms with Gasteiger partial charge in [0.25, 0.3) is 0 Å². The molecule has 3 heteroatoms. The molecule has 0 atom stereocenters. The Bertz CT molecular complexity index is 583. The van der Waals surface area contributed by atoms with Gasteiger partial charge in [0.15, 0.2) is 0 Å². The van der Waals surface area contributed by atoms with E-state index in [1.54, 1.807) is 0 Å². The van der Waals surface area contributed by atoms with E-state index < -0.39 is 0 Å². The molecule has 0 amide bonds. The molecule has 2 nitrogen and oxygen atoms in total. The van der Waals surface area contributed by atoms with Gasteiger partial charge in [-0.25, -0.2) is 9.37 Å². The number of pyridine rings is 1. The van der Waals surface area contributed by atoms with E-state index in [0.29, 0.717) is 5.82 Å². The Labute approximate surface area is 101 Å². The summed E-state index contributed by atoms with van der Waals surface area (Å²) in [5.74, 6) is 0.293. The molecule has 2 N–H and O–H groups in total. The highest BCUT2D eigenvalue weighted by Gasteiger charge is 2.19. The lowest BCUT2D eigenvalue weighted by molar-refractivity contribution is 0.591. The first-order valence-electron chi connectivity index (χ1n) is 5.66. The molecular formula is C14H17FN2. The van der Waals surface area contributed by atoms with Crippen LogP contribution >= 0.6 is 0 Å². The first kappa shape index (κ1) is 11.8. The standard InChI is InChI=1S/C14H17FN2/c1-8-5-10(15)6-9-7-11(14(2,3)4)13(16)17-12(8)9/h5-7H,1-4H3,(H2,16,17). The minimum Gasteiger partial charge on any atom is -0.383 e. The van der Waals surface area contributed by atoms with Crippen LogP contribution in [0.25, 0.3) is 10.9 Å². The van der Waals surface area contributed by atoms with Crippen LogP contribution < -0.4 is 5.73 Å². The number of nitrogens with zero attached hydrogens (tertiary/aromatic N) is 1. The molecule has 0 bridgehead atoms. The number of rotatable bonds is 0. The van der Waals surface area contributed by atoms with Gasteiger partial charge in [-0.2, -0.15) is 0 Å². The van der Waals surface area contributed by atoms with E-state index in [-0.39, 0.29) is 11.2 Å². The van der Waals surface area contributed by atoms with Crippen molar-refractivity contribution in [2.24, 2.45) is 0 Å². The molecule has 0 aliphatic rings.